The summed E-state index contributed by atoms with van der Waals surface area (Å²) in [6.45, 7) is 4.17. The van der Waals surface area contributed by atoms with Crippen LogP contribution in [-0.4, -0.2) is 38.7 Å². The van der Waals surface area contributed by atoms with Gasteiger partial charge < -0.3 is 14.2 Å². The predicted octanol–water partition coefficient (Wildman–Crippen LogP) is 2.53. The Kier molecular flexibility index (Phi) is 3.83. The zero-order valence-corrected chi connectivity index (χ0v) is 13.7. The number of carbonyl (C=O) groups is 1. The van der Waals surface area contributed by atoms with Gasteiger partial charge in [0.15, 0.2) is 11.6 Å². The van der Waals surface area contributed by atoms with E-state index in [1.54, 1.807) is 0 Å². The lowest BCUT2D eigenvalue weighted by atomic mass is 10.1. The quantitative estimate of drug-likeness (QED) is 0.841. The Morgan fingerprint density at radius 2 is 1.96 bits per heavy atom. The van der Waals surface area contributed by atoms with Crippen molar-refractivity contribution < 1.29 is 9.53 Å². The zero-order chi connectivity index (χ0) is 15.8. The number of amides is 1. The molecule has 0 aromatic carbocycles. The standard InChI is InChI=1S/C17H24N4O2/c1-12-15-18-19-16(13-6-2-3-7-13)21(15)10-9-20(12)17(22)14-8-4-5-11-23-14/h8,12-13H,2-7,9-11H2,1H3. The average Bonchev–Trinajstić information content (AvgIpc) is 3.24. The van der Waals surface area contributed by atoms with Crippen LogP contribution in [0.1, 0.15) is 69.1 Å². The molecule has 1 fully saturated rings. The summed E-state index contributed by atoms with van der Waals surface area (Å²) in [5, 5.41) is 8.88. The monoisotopic (exact) mass is 316 g/mol. The minimum Gasteiger partial charge on any atom is -0.488 e. The molecule has 1 unspecified atom stereocenters. The molecule has 3 heterocycles. The van der Waals surface area contributed by atoms with Crippen LogP contribution < -0.4 is 0 Å². The first-order valence-electron chi connectivity index (χ1n) is 8.82. The normalized spacial score (nSPS) is 25.0. The van der Waals surface area contributed by atoms with Crippen LogP contribution in [0.15, 0.2) is 11.8 Å². The maximum Gasteiger partial charge on any atom is 0.289 e. The third-order valence-electron chi connectivity index (χ3n) is 5.34. The minimum atomic E-state index is -0.0506. The van der Waals surface area contributed by atoms with Crippen LogP contribution in [0.4, 0.5) is 0 Å². The lowest BCUT2D eigenvalue weighted by Gasteiger charge is -2.34. The molecule has 1 amide bonds. The SMILES string of the molecule is CC1c2nnc(C3CCCC3)n2CCN1C(=O)C1=CCCCO1. The van der Waals surface area contributed by atoms with E-state index in [1.165, 1.54) is 25.7 Å². The van der Waals surface area contributed by atoms with Gasteiger partial charge in [0.2, 0.25) is 0 Å². The van der Waals surface area contributed by atoms with Gasteiger partial charge in [0.1, 0.15) is 5.82 Å². The molecule has 0 spiro atoms. The zero-order valence-electron chi connectivity index (χ0n) is 13.7. The fourth-order valence-electron chi connectivity index (χ4n) is 4.02. The molecule has 6 nitrogen and oxygen atoms in total. The maximum absolute atomic E-state index is 12.7. The summed E-state index contributed by atoms with van der Waals surface area (Å²) >= 11 is 0. The van der Waals surface area contributed by atoms with E-state index in [9.17, 15) is 4.79 Å². The van der Waals surface area contributed by atoms with E-state index < -0.39 is 0 Å². The summed E-state index contributed by atoms with van der Waals surface area (Å²) in [6, 6.07) is -0.0506. The third-order valence-corrected chi connectivity index (χ3v) is 5.34. The Bertz CT molecular complexity index is 631. The fourth-order valence-corrected chi connectivity index (χ4v) is 4.02. The van der Waals surface area contributed by atoms with Gasteiger partial charge in [0.25, 0.3) is 5.91 Å². The lowest BCUT2D eigenvalue weighted by Crippen LogP contribution is -2.42. The summed E-state index contributed by atoms with van der Waals surface area (Å²) in [5.41, 5.74) is 0. The Balaban J connectivity index is 1.56. The molecule has 0 N–H and O–H groups in total. The van der Waals surface area contributed by atoms with Crippen molar-refractivity contribution >= 4 is 5.91 Å². The molecule has 1 aliphatic carbocycles. The van der Waals surface area contributed by atoms with Gasteiger partial charge in [-0.2, -0.15) is 0 Å². The highest BCUT2D eigenvalue weighted by atomic mass is 16.5. The van der Waals surface area contributed by atoms with Gasteiger partial charge in [0.05, 0.1) is 12.6 Å². The van der Waals surface area contributed by atoms with Gasteiger partial charge in [0, 0.05) is 19.0 Å². The van der Waals surface area contributed by atoms with E-state index in [0.29, 0.717) is 24.8 Å². The summed E-state index contributed by atoms with van der Waals surface area (Å²) in [5.74, 6) is 3.10. The Hall–Kier alpha value is -1.85. The van der Waals surface area contributed by atoms with Crippen molar-refractivity contribution in [3.05, 3.63) is 23.5 Å². The van der Waals surface area contributed by atoms with Crippen molar-refractivity contribution in [2.75, 3.05) is 13.2 Å². The Labute approximate surface area is 136 Å². The van der Waals surface area contributed by atoms with Crippen LogP contribution in [-0.2, 0) is 16.1 Å². The summed E-state index contributed by atoms with van der Waals surface area (Å²) in [6.07, 6.45) is 8.85. The van der Waals surface area contributed by atoms with Crippen LogP contribution in [0.2, 0.25) is 0 Å². The third kappa shape index (κ3) is 2.54. The van der Waals surface area contributed by atoms with Crippen molar-refractivity contribution in [3.63, 3.8) is 0 Å². The highest BCUT2D eigenvalue weighted by Gasteiger charge is 2.35. The van der Waals surface area contributed by atoms with Crippen molar-refractivity contribution in [2.24, 2.45) is 0 Å². The minimum absolute atomic E-state index is 0.00568. The van der Waals surface area contributed by atoms with E-state index in [4.69, 9.17) is 4.74 Å². The highest BCUT2D eigenvalue weighted by Crippen LogP contribution is 2.36. The van der Waals surface area contributed by atoms with Gasteiger partial charge in [-0.05, 0) is 38.7 Å². The number of ether oxygens (including phenoxy) is 1. The summed E-state index contributed by atoms with van der Waals surface area (Å²) < 4.78 is 7.79. The predicted molar refractivity (Wildman–Crippen MR) is 84.6 cm³/mol. The number of aromatic nitrogens is 3. The Morgan fingerprint density at radius 1 is 1.17 bits per heavy atom. The van der Waals surface area contributed by atoms with Gasteiger partial charge in [-0.15, -0.1) is 10.2 Å². The van der Waals surface area contributed by atoms with Gasteiger partial charge in [-0.25, -0.2) is 0 Å². The summed E-state index contributed by atoms with van der Waals surface area (Å²) in [4.78, 5) is 14.6. The number of fused-ring (bicyclic) bond motifs is 1. The number of hydrogen-bond donors (Lipinski definition) is 0. The molecule has 0 radical (unpaired) electrons. The largest absolute Gasteiger partial charge is 0.488 e. The van der Waals surface area contributed by atoms with Crippen molar-refractivity contribution in [1.82, 2.24) is 19.7 Å². The Morgan fingerprint density at radius 3 is 2.70 bits per heavy atom. The van der Waals surface area contributed by atoms with Crippen molar-refractivity contribution in [2.45, 2.75) is 64.0 Å². The van der Waals surface area contributed by atoms with Gasteiger partial charge >= 0.3 is 0 Å². The second-order valence-corrected chi connectivity index (χ2v) is 6.78. The van der Waals surface area contributed by atoms with Crippen LogP contribution in [0.25, 0.3) is 0 Å². The van der Waals surface area contributed by atoms with E-state index in [0.717, 1.165) is 31.0 Å². The maximum atomic E-state index is 12.7. The van der Waals surface area contributed by atoms with E-state index in [-0.39, 0.29) is 11.9 Å². The van der Waals surface area contributed by atoms with Crippen LogP contribution in [0.5, 0.6) is 0 Å². The fraction of sp³-hybridized carbons (Fsp3) is 0.706. The summed E-state index contributed by atoms with van der Waals surface area (Å²) in [7, 11) is 0. The van der Waals surface area contributed by atoms with Crippen LogP contribution >= 0.6 is 0 Å². The topological polar surface area (TPSA) is 60.2 Å². The van der Waals surface area contributed by atoms with E-state index in [2.05, 4.69) is 14.8 Å². The molecular formula is C17H24N4O2. The first-order valence-corrected chi connectivity index (χ1v) is 8.82. The number of rotatable bonds is 2. The first-order chi connectivity index (χ1) is 11.3. The molecule has 23 heavy (non-hydrogen) atoms. The van der Waals surface area contributed by atoms with E-state index >= 15 is 0 Å². The lowest BCUT2D eigenvalue weighted by molar-refractivity contribution is -0.134. The molecular weight excluding hydrogens is 292 g/mol. The van der Waals surface area contributed by atoms with Crippen molar-refractivity contribution in [3.8, 4) is 0 Å². The number of hydrogen-bond acceptors (Lipinski definition) is 4. The highest BCUT2D eigenvalue weighted by molar-refractivity contribution is 5.91. The molecule has 2 aliphatic heterocycles. The molecule has 124 valence electrons. The molecule has 1 aromatic rings. The number of carbonyl (C=O) groups excluding carboxylic acids is 1. The number of allylic oxidation sites excluding steroid dienone is 1. The smallest absolute Gasteiger partial charge is 0.289 e. The van der Waals surface area contributed by atoms with Crippen LogP contribution in [0.3, 0.4) is 0 Å². The van der Waals surface area contributed by atoms with Crippen LogP contribution in [0, 0.1) is 0 Å². The molecule has 1 atom stereocenters. The van der Waals surface area contributed by atoms with E-state index in [1.807, 2.05) is 17.9 Å². The van der Waals surface area contributed by atoms with Gasteiger partial charge in [-0.3, -0.25) is 4.79 Å². The second kappa shape index (κ2) is 5.98. The molecule has 0 saturated heterocycles. The first kappa shape index (κ1) is 14.7. The molecule has 1 saturated carbocycles. The van der Waals surface area contributed by atoms with Gasteiger partial charge in [-0.1, -0.05) is 12.8 Å². The molecule has 1 aromatic heterocycles. The van der Waals surface area contributed by atoms with Crippen molar-refractivity contribution in [1.29, 1.82) is 0 Å². The molecule has 0 bridgehead atoms. The molecule has 6 heteroatoms. The molecule has 3 aliphatic rings. The average molecular weight is 316 g/mol. The number of nitrogens with zero attached hydrogens (tertiary/aromatic N) is 4. The second-order valence-electron chi connectivity index (χ2n) is 6.78. The molecule has 4 rings (SSSR count).